The van der Waals surface area contributed by atoms with E-state index in [0.717, 1.165) is 77.0 Å². The molecule has 6 heteroatoms. The highest BCUT2D eigenvalue weighted by Crippen LogP contribution is 2.15. The van der Waals surface area contributed by atoms with Gasteiger partial charge in [0.2, 0.25) is 0 Å². The molecule has 0 amide bonds. The maximum Gasteiger partial charge on any atom is 0.306 e. The Kier molecular flexibility index (Phi) is 53.8. The van der Waals surface area contributed by atoms with E-state index in [0.29, 0.717) is 19.3 Å². The Morgan fingerprint density at radius 2 is 0.537 bits per heavy atom. The van der Waals surface area contributed by atoms with Crippen molar-refractivity contribution in [3.63, 3.8) is 0 Å². The van der Waals surface area contributed by atoms with E-state index in [9.17, 15) is 14.4 Å². The second kappa shape index (κ2) is 56.0. The maximum absolute atomic E-state index is 12.8. The maximum atomic E-state index is 12.8. The molecule has 0 aliphatic heterocycles. The van der Waals surface area contributed by atoms with Gasteiger partial charge in [-0.15, -0.1) is 0 Å². The Morgan fingerprint density at radius 3 is 0.851 bits per heavy atom. The molecule has 0 rings (SSSR count). The lowest BCUT2D eigenvalue weighted by atomic mass is 10.1. The van der Waals surface area contributed by atoms with E-state index in [2.05, 4.69) is 69.4 Å². The second-order valence-electron chi connectivity index (χ2n) is 19.6. The highest BCUT2D eigenvalue weighted by Gasteiger charge is 2.19. The third kappa shape index (κ3) is 54.2. The fourth-order valence-corrected chi connectivity index (χ4v) is 8.39. The third-order valence-corrected chi connectivity index (χ3v) is 12.8. The van der Waals surface area contributed by atoms with Crippen LogP contribution in [-0.4, -0.2) is 37.2 Å². The number of rotatable bonds is 53. The molecule has 0 fully saturated rings. The van der Waals surface area contributed by atoms with Gasteiger partial charge in [-0.25, -0.2) is 0 Å². The SMILES string of the molecule is CCCCCCC/C=C\C/C=C\C/C=C\CCCCCCCCC(=O)OCC(COC(=O)CCCCCCCCCCCC)OC(=O)CCCCCCCCC/C=C\CCCCCCCCC. The number of unbranched alkanes of at least 4 members (excludes halogenated alkanes) is 34. The number of hydrogen-bond donors (Lipinski definition) is 0. The molecule has 0 heterocycles. The van der Waals surface area contributed by atoms with E-state index in [1.165, 1.54) is 186 Å². The fraction of sp³-hybridized carbons (Fsp3) is 0.820. The average Bonchev–Trinajstić information content (AvgIpc) is 3.33. The highest BCUT2D eigenvalue weighted by atomic mass is 16.6. The van der Waals surface area contributed by atoms with Crippen molar-refractivity contribution in [2.45, 2.75) is 309 Å². The molecule has 1 atom stereocenters. The van der Waals surface area contributed by atoms with E-state index >= 15 is 0 Å². The van der Waals surface area contributed by atoms with Crippen molar-refractivity contribution in [3.05, 3.63) is 48.6 Å². The van der Waals surface area contributed by atoms with Crippen LogP contribution in [0.2, 0.25) is 0 Å². The Hall–Kier alpha value is -2.63. The molecule has 67 heavy (non-hydrogen) atoms. The van der Waals surface area contributed by atoms with Gasteiger partial charge >= 0.3 is 17.9 Å². The number of carbonyl (C=O) groups is 3. The van der Waals surface area contributed by atoms with Crippen molar-refractivity contribution in [1.82, 2.24) is 0 Å². The van der Waals surface area contributed by atoms with Crippen LogP contribution in [0.1, 0.15) is 303 Å². The van der Waals surface area contributed by atoms with Crippen LogP contribution in [0.25, 0.3) is 0 Å². The minimum absolute atomic E-state index is 0.0766. The lowest BCUT2D eigenvalue weighted by Crippen LogP contribution is -2.30. The monoisotopic (exact) mass is 939 g/mol. The van der Waals surface area contributed by atoms with Crippen LogP contribution in [0.15, 0.2) is 48.6 Å². The van der Waals surface area contributed by atoms with Crippen molar-refractivity contribution >= 4 is 17.9 Å². The first-order chi connectivity index (χ1) is 33.0. The summed E-state index contributed by atoms with van der Waals surface area (Å²) >= 11 is 0. The minimum Gasteiger partial charge on any atom is -0.462 e. The summed E-state index contributed by atoms with van der Waals surface area (Å²) in [5, 5.41) is 0. The molecule has 0 aromatic heterocycles. The van der Waals surface area contributed by atoms with Crippen molar-refractivity contribution in [3.8, 4) is 0 Å². The zero-order valence-corrected chi connectivity index (χ0v) is 44.7. The van der Waals surface area contributed by atoms with Crippen LogP contribution in [0.4, 0.5) is 0 Å². The first kappa shape index (κ1) is 64.4. The predicted molar refractivity (Wildman–Crippen MR) is 289 cm³/mol. The molecule has 0 aliphatic carbocycles. The molecular formula is C61H110O6. The largest absolute Gasteiger partial charge is 0.462 e. The molecule has 0 radical (unpaired) electrons. The van der Waals surface area contributed by atoms with Crippen molar-refractivity contribution < 1.29 is 28.6 Å². The highest BCUT2D eigenvalue weighted by molar-refractivity contribution is 5.71. The third-order valence-electron chi connectivity index (χ3n) is 12.8. The van der Waals surface area contributed by atoms with Gasteiger partial charge in [-0.2, -0.15) is 0 Å². The molecule has 1 unspecified atom stereocenters. The van der Waals surface area contributed by atoms with Crippen LogP contribution >= 0.6 is 0 Å². The van der Waals surface area contributed by atoms with E-state index in [-0.39, 0.29) is 31.1 Å². The van der Waals surface area contributed by atoms with Gasteiger partial charge < -0.3 is 14.2 Å². The molecule has 0 spiro atoms. The Labute approximate surface area is 416 Å². The van der Waals surface area contributed by atoms with E-state index < -0.39 is 6.10 Å². The number of hydrogen-bond acceptors (Lipinski definition) is 6. The second-order valence-corrected chi connectivity index (χ2v) is 19.6. The standard InChI is InChI=1S/C61H110O6/c1-4-7-10-13-16-19-22-24-26-28-30-31-32-34-35-37-39-42-45-48-51-54-60(63)66-57-58(56-65-59(62)53-50-47-44-41-21-18-15-12-9-6-3)67-61(64)55-52-49-46-43-40-38-36-33-29-27-25-23-20-17-14-11-8-5-2/h22,24,27-30,32,34,58H,4-21,23,25-26,31,33,35-57H2,1-3H3/b24-22-,29-27-,30-28-,34-32-. The number of ether oxygens (including phenoxy) is 3. The van der Waals surface area contributed by atoms with Gasteiger partial charge in [-0.05, 0) is 83.5 Å². The van der Waals surface area contributed by atoms with Gasteiger partial charge in [-0.3, -0.25) is 14.4 Å². The summed E-state index contributed by atoms with van der Waals surface area (Å²) in [7, 11) is 0. The zero-order valence-electron chi connectivity index (χ0n) is 44.7. The van der Waals surface area contributed by atoms with Gasteiger partial charge in [-0.1, -0.05) is 249 Å². The smallest absolute Gasteiger partial charge is 0.306 e. The summed E-state index contributed by atoms with van der Waals surface area (Å²) in [4.78, 5) is 38.1. The summed E-state index contributed by atoms with van der Waals surface area (Å²) < 4.78 is 16.8. The van der Waals surface area contributed by atoms with Gasteiger partial charge in [0.15, 0.2) is 6.10 Å². The van der Waals surface area contributed by atoms with Gasteiger partial charge in [0.25, 0.3) is 0 Å². The van der Waals surface area contributed by atoms with Crippen LogP contribution in [0.5, 0.6) is 0 Å². The topological polar surface area (TPSA) is 78.9 Å². The molecule has 0 saturated carbocycles. The molecule has 0 aliphatic rings. The molecule has 0 aromatic rings. The number of allylic oxidation sites excluding steroid dienone is 8. The molecule has 0 bridgehead atoms. The van der Waals surface area contributed by atoms with Gasteiger partial charge in [0, 0.05) is 19.3 Å². The predicted octanol–water partition coefficient (Wildman–Crippen LogP) is 19.4. The average molecular weight is 940 g/mol. The van der Waals surface area contributed by atoms with Crippen molar-refractivity contribution in [2.24, 2.45) is 0 Å². The molecule has 0 aromatic carbocycles. The van der Waals surface area contributed by atoms with E-state index in [1.54, 1.807) is 0 Å². The van der Waals surface area contributed by atoms with Crippen molar-refractivity contribution in [2.75, 3.05) is 13.2 Å². The van der Waals surface area contributed by atoms with Crippen LogP contribution in [-0.2, 0) is 28.6 Å². The quantitative estimate of drug-likeness (QED) is 0.0262. The van der Waals surface area contributed by atoms with Crippen LogP contribution in [0.3, 0.4) is 0 Å². The van der Waals surface area contributed by atoms with Crippen LogP contribution in [0, 0.1) is 0 Å². The summed E-state index contributed by atoms with van der Waals surface area (Å²) in [5.74, 6) is -0.883. The molecule has 390 valence electrons. The fourth-order valence-electron chi connectivity index (χ4n) is 8.39. The Bertz CT molecular complexity index is 1170. The number of carbonyl (C=O) groups excluding carboxylic acids is 3. The lowest BCUT2D eigenvalue weighted by Gasteiger charge is -2.18. The molecule has 0 N–H and O–H groups in total. The zero-order chi connectivity index (χ0) is 48.6. The summed E-state index contributed by atoms with van der Waals surface area (Å²) in [5.41, 5.74) is 0. The normalized spacial score (nSPS) is 12.3. The van der Waals surface area contributed by atoms with Crippen LogP contribution < -0.4 is 0 Å². The van der Waals surface area contributed by atoms with Crippen molar-refractivity contribution in [1.29, 1.82) is 0 Å². The summed E-state index contributed by atoms with van der Waals surface area (Å²) in [6.45, 7) is 6.63. The van der Waals surface area contributed by atoms with E-state index in [4.69, 9.17) is 14.2 Å². The first-order valence-electron chi connectivity index (χ1n) is 29.1. The molecular weight excluding hydrogens is 829 g/mol. The summed E-state index contributed by atoms with van der Waals surface area (Å²) in [6, 6.07) is 0. The first-order valence-corrected chi connectivity index (χ1v) is 29.1. The van der Waals surface area contributed by atoms with Gasteiger partial charge in [0.1, 0.15) is 13.2 Å². The molecule has 0 saturated heterocycles. The Balaban J connectivity index is 4.31. The number of esters is 3. The molecule has 6 nitrogen and oxygen atoms in total. The Morgan fingerprint density at radius 1 is 0.299 bits per heavy atom. The minimum atomic E-state index is -0.778. The summed E-state index contributed by atoms with van der Waals surface area (Å²) in [6.07, 6.45) is 68.2. The van der Waals surface area contributed by atoms with E-state index in [1.807, 2.05) is 0 Å². The lowest BCUT2D eigenvalue weighted by molar-refractivity contribution is -0.167. The van der Waals surface area contributed by atoms with Gasteiger partial charge in [0.05, 0.1) is 0 Å².